The third-order valence-corrected chi connectivity index (χ3v) is 3.28. The standard InChI is InChI=1S/C13H14BrNO/c14-13-11(8-9-16-13)12(15)7-6-10-4-2-1-3-5-10/h1-5,8-9,12H,6-7,15H2. The van der Waals surface area contributed by atoms with Gasteiger partial charge in [0.05, 0.1) is 6.26 Å². The molecule has 1 heterocycles. The number of furan rings is 1. The van der Waals surface area contributed by atoms with Gasteiger partial charge in [-0.3, -0.25) is 0 Å². The molecule has 2 N–H and O–H groups in total. The quantitative estimate of drug-likeness (QED) is 0.928. The van der Waals surface area contributed by atoms with Crippen LogP contribution in [0.1, 0.15) is 23.6 Å². The summed E-state index contributed by atoms with van der Waals surface area (Å²) in [6.07, 6.45) is 3.56. The van der Waals surface area contributed by atoms with Crippen LogP contribution >= 0.6 is 15.9 Å². The van der Waals surface area contributed by atoms with E-state index in [0.29, 0.717) is 0 Å². The number of nitrogens with two attached hydrogens (primary N) is 1. The van der Waals surface area contributed by atoms with Crippen molar-refractivity contribution in [3.63, 3.8) is 0 Å². The first kappa shape index (κ1) is 11.4. The summed E-state index contributed by atoms with van der Waals surface area (Å²) in [5.41, 5.74) is 8.45. The topological polar surface area (TPSA) is 39.2 Å². The highest BCUT2D eigenvalue weighted by atomic mass is 79.9. The zero-order valence-corrected chi connectivity index (χ0v) is 10.5. The SMILES string of the molecule is NC(CCc1ccccc1)c1ccoc1Br. The van der Waals surface area contributed by atoms with Gasteiger partial charge in [0.15, 0.2) is 4.67 Å². The Labute approximate surface area is 104 Å². The van der Waals surface area contributed by atoms with Gasteiger partial charge in [-0.05, 0) is 40.4 Å². The summed E-state index contributed by atoms with van der Waals surface area (Å²) < 4.78 is 5.92. The van der Waals surface area contributed by atoms with Crippen LogP contribution in [0.2, 0.25) is 0 Å². The second-order valence-electron chi connectivity index (χ2n) is 3.78. The number of hydrogen-bond donors (Lipinski definition) is 1. The molecule has 1 aromatic carbocycles. The molecule has 2 nitrogen and oxygen atoms in total. The van der Waals surface area contributed by atoms with E-state index in [2.05, 4.69) is 40.2 Å². The predicted molar refractivity (Wildman–Crippen MR) is 68.1 cm³/mol. The van der Waals surface area contributed by atoms with Crippen molar-refractivity contribution in [1.29, 1.82) is 0 Å². The molecule has 84 valence electrons. The lowest BCUT2D eigenvalue weighted by molar-refractivity contribution is 0.527. The van der Waals surface area contributed by atoms with E-state index in [0.717, 1.165) is 23.1 Å². The molecule has 0 aliphatic carbocycles. The van der Waals surface area contributed by atoms with Gasteiger partial charge >= 0.3 is 0 Å². The molecule has 1 aromatic heterocycles. The van der Waals surface area contributed by atoms with Crippen molar-refractivity contribution < 1.29 is 4.42 Å². The first-order chi connectivity index (χ1) is 7.77. The molecule has 0 saturated carbocycles. The first-order valence-electron chi connectivity index (χ1n) is 5.30. The van der Waals surface area contributed by atoms with Crippen molar-refractivity contribution in [2.24, 2.45) is 5.73 Å². The van der Waals surface area contributed by atoms with Crippen LogP contribution in [0.25, 0.3) is 0 Å². The molecule has 0 saturated heterocycles. The minimum atomic E-state index is 0.0216. The molecule has 0 bridgehead atoms. The molecule has 0 spiro atoms. The van der Waals surface area contributed by atoms with Crippen LogP contribution in [0.3, 0.4) is 0 Å². The highest BCUT2D eigenvalue weighted by molar-refractivity contribution is 9.10. The molecule has 0 aliphatic heterocycles. The summed E-state index contributed by atoms with van der Waals surface area (Å²) in [5.74, 6) is 0. The van der Waals surface area contributed by atoms with Gasteiger partial charge in [0.1, 0.15) is 0 Å². The van der Waals surface area contributed by atoms with Crippen LogP contribution in [0, 0.1) is 0 Å². The van der Waals surface area contributed by atoms with E-state index in [1.165, 1.54) is 5.56 Å². The lowest BCUT2D eigenvalue weighted by atomic mass is 10.0. The lowest BCUT2D eigenvalue weighted by Gasteiger charge is -2.09. The van der Waals surface area contributed by atoms with Crippen molar-refractivity contribution in [3.05, 3.63) is 58.5 Å². The summed E-state index contributed by atoms with van der Waals surface area (Å²) in [6, 6.07) is 12.3. The van der Waals surface area contributed by atoms with E-state index in [-0.39, 0.29) is 6.04 Å². The van der Waals surface area contributed by atoms with Gasteiger partial charge in [-0.1, -0.05) is 30.3 Å². The van der Waals surface area contributed by atoms with Crippen LogP contribution in [-0.2, 0) is 6.42 Å². The Bertz CT molecular complexity index is 438. The van der Waals surface area contributed by atoms with Gasteiger partial charge in [0.25, 0.3) is 0 Å². The highest BCUT2D eigenvalue weighted by Gasteiger charge is 2.11. The van der Waals surface area contributed by atoms with Gasteiger partial charge in [0.2, 0.25) is 0 Å². The zero-order valence-electron chi connectivity index (χ0n) is 8.90. The summed E-state index contributed by atoms with van der Waals surface area (Å²) in [6.45, 7) is 0. The highest BCUT2D eigenvalue weighted by Crippen LogP contribution is 2.25. The molecule has 1 atom stereocenters. The van der Waals surface area contributed by atoms with E-state index in [4.69, 9.17) is 10.2 Å². The van der Waals surface area contributed by atoms with Crippen molar-refractivity contribution in [2.75, 3.05) is 0 Å². The second-order valence-corrected chi connectivity index (χ2v) is 4.50. The normalized spacial score (nSPS) is 12.6. The second kappa shape index (κ2) is 5.32. The molecule has 0 aliphatic rings. The molecule has 0 fully saturated rings. The summed E-state index contributed by atoms with van der Waals surface area (Å²) in [4.78, 5) is 0. The summed E-state index contributed by atoms with van der Waals surface area (Å²) in [7, 11) is 0. The Kier molecular flexibility index (Phi) is 3.80. The maximum Gasteiger partial charge on any atom is 0.173 e. The summed E-state index contributed by atoms with van der Waals surface area (Å²) >= 11 is 3.35. The van der Waals surface area contributed by atoms with Gasteiger partial charge in [-0.25, -0.2) is 0 Å². The van der Waals surface area contributed by atoms with Crippen molar-refractivity contribution >= 4 is 15.9 Å². The molecular weight excluding hydrogens is 266 g/mol. The van der Waals surface area contributed by atoms with Crippen LogP contribution in [-0.4, -0.2) is 0 Å². The fraction of sp³-hybridized carbons (Fsp3) is 0.231. The third-order valence-electron chi connectivity index (χ3n) is 2.63. The maximum absolute atomic E-state index is 6.10. The number of aryl methyl sites for hydroxylation is 1. The predicted octanol–water partition coefficient (Wildman–Crippen LogP) is 3.67. The Balaban J connectivity index is 1.94. The smallest absolute Gasteiger partial charge is 0.173 e. The molecule has 0 radical (unpaired) electrons. The number of hydrogen-bond acceptors (Lipinski definition) is 2. The Morgan fingerprint density at radius 1 is 1.19 bits per heavy atom. The largest absolute Gasteiger partial charge is 0.457 e. The van der Waals surface area contributed by atoms with E-state index in [1.807, 2.05) is 12.1 Å². The van der Waals surface area contributed by atoms with Crippen molar-refractivity contribution in [3.8, 4) is 0 Å². The Morgan fingerprint density at radius 2 is 1.94 bits per heavy atom. The van der Waals surface area contributed by atoms with E-state index < -0.39 is 0 Å². The Morgan fingerprint density at radius 3 is 2.56 bits per heavy atom. The third kappa shape index (κ3) is 2.74. The van der Waals surface area contributed by atoms with Gasteiger partial charge in [-0.2, -0.15) is 0 Å². The van der Waals surface area contributed by atoms with Crippen molar-refractivity contribution in [2.45, 2.75) is 18.9 Å². The number of halogens is 1. The minimum absolute atomic E-state index is 0.0216. The minimum Gasteiger partial charge on any atom is -0.457 e. The molecular formula is C13H14BrNO. The maximum atomic E-state index is 6.10. The zero-order chi connectivity index (χ0) is 11.4. The molecule has 2 aromatic rings. The summed E-state index contributed by atoms with van der Waals surface area (Å²) in [5, 5.41) is 0. The van der Waals surface area contributed by atoms with E-state index in [1.54, 1.807) is 6.26 Å². The van der Waals surface area contributed by atoms with E-state index >= 15 is 0 Å². The molecule has 0 amide bonds. The average Bonchev–Trinajstić information content (AvgIpc) is 2.74. The molecule has 1 unspecified atom stereocenters. The molecule has 16 heavy (non-hydrogen) atoms. The van der Waals surface area contributed by atoms with Crippen LogP contribution in [0.4, 0.5) is 0 Å². The molecule has 3 heteroatoms. The fourth-order valence-electron chi connectivity index (χ4n) is 1.69. The molecule has 2 rings (SSSR count). The average molecular weight is 280 g/mol. The first-order valence-corrected chi connectivity index (χ1v) is 6.09. The van der Waals surface area contributed by atoms with Crippen molar-refractivity contribution in [1.82, 2.24) is 0 Å². The van der Waals surface area contributed by atoms with E-state index in [9.17, 15) is 0 Å². The van der Waals surface area contributed by atoms with Crippen LogP contribution < -0.4 is 5.73 Å². The fourth-order valence-corrected chi connectivity index (χ4v) is 2.23. The van der Waals surface area contributed by atoms with Gasteiger partial charge < -0.3 is 10.2 Å². The number of rotatable bonds is 4. The number of benzene rings is 1. The van der Waals surface area contributed by atoms with Gasteiger partial charge in [-0.15, -0.1) is 0 Å². The lowest BCUT2D eigenvalue weighted by Crippen LogP contribution is -2.10. The van der Waals surface area contributed by atoms with Crippen LogP contribution in [0.5, 0.6) is 0 Å². The van der Waals surface area contributed by atoms with Crippen LogP contribution in [0.15, 0.2) is 51.7 Å². The monoisotopic (exact) mass is 279 g/mol. The van der Waals surface area contributed by atoms with Gasteiger partial charge in [0, 0.05) is 11.6 Å². The Hall–Kier alpha value is -1.06.